The van der Waals surface area contributed by atoms with Gasteiger partial charge in [-0.3, -0.25) is 29.0 Å². The van der Waals surface area contributed by atoms with E-state index in [0.717, 1.165) is 86.5 Å². The molecule has 2 heterocycles. The van der Waals surface area contributed by atoms with Crippen molar-refractivity contribution in [3.8, 4) is 0 Å². The fourth-order valence-corrected chi connectivity index (χ4v) is 7.50. The smallest absolute Gasteiger partial charge is 0.261 e. The van der Waals surface area contributed by atoms with Crippen LogP contribution in [-0.2, 0) is 9.59 Å². The van der Waals surface area contributed by atoms with Crippen LogP contribution in [-0.4, -0.2) is 110 Å². The van der Waals surface area contributed by atoms with Crippen LogP contribution in [0.1, 0.15) is 98.8 Å². The zero-order valence-electron chi connectivity index (χ0n) is 27.0. The molecule has 1 saturated heterocycles. The summed E-state index contributed by atoms with van der Waals surface area (Å²) in [5.74, 6) is -0.210. The average molecular weight is 583 g/mol. The molecule has 0 bridgehead atoms. The second-order valence-corrected chi connectivity index (χ2v) is 14.8. The van der Waals surface area contributed by atoms with E-state index in [1.165, 1.54) is 17.7 Å². The molecule has 2 fully saturated rings. The summed E-state index contributed by atoms with van der Waals surface area (Å²) in [6, 6.07) is 7.08. The monoisotopic (exact) mass is 582 g/mol. The first-order valence-corrected chi connectivity index (χ1v) is 16.2. The number of rotatable bonds is 15. The van der Waals surface area contributed by atoms with Crippen LogP contribution in [0.4, 0.5) is 0 Å². The minimum Gasteiger partial charge on any atom is -0.328 e. The molecule has 0 spiro atoms. The van der Waals surface area contributed by atoms with Crippen molar-refractivity contribution < 1.29 is 28.1 Å². The topological polar surface area (TPSA) is 74.8 Å². The van der Waals surface area contributed by atoms with Crippen molar-refractivity contribution in [3.05, 3.63) is 35.4 Å². The molecule has 3 aliphatic rings. The molecule has 232 valence electrons. The van der Waals surface area contributed by atoms with Gasteiger partial charge in [-0.2, -0.15) is 0 Å². The lowest BCUT2D eigenvalue weighted by atomic mass is 9.59. The molecular formula is C34H54N4O4+2. The van der Waals surface area contributed by atoms with Crippen LogP contribution in [0.15, 0.2) is 24.3 Å². The number of carbonyl (C=O) groups is 4. The lowest BCUT2D eigenvalue weighted by Crippen LogP contribution is -2.43. The van der Waals surface area contributed by atoms with Gasteiger partial charge in [-0.25, -0.2) is 0 Å². The van der Waals surface area contributed by atoms with Crippen molar-refractivity contribution in [1.82, 2.24) is 9.80 Å². The zero-order chi connectivity index (χ0) is 30.8. The Kier molecular flexibility index (Phi) is 9.68. The summed E-state index contributed by atoms with van der Waals surface area (Å²) in [4.78, 5) is 54.6. The lowest BCUT2D eigenvalue weighted by molar-refractivity contribution is -0.891. The van der Waals surface area contributed by atoms with Crippen molar-refractivity contribution >= 4 is 23.6 Å². The van der Waals surface area contributed by atoms with E-state index in [0.29, 0.717) is 24.2 Å². The number of imide groups is 2. The van der Waals surface area contributed by atoms with Gasteiger partial charge in [0.2, 0.25) is 11.8 Å². The summed E-state index contributed by atoms with van der Waals surface area (Å²) in [6.07, 6.45) is 10.1. The Morgan fingerprint density at radius 2 is 0.976 bits per heavy atom. The molecular weight excluding hydrogens is 528 g/mol. The summed E-state index contributed by atoms with van der Waals surface area (Å²) in [5, 5.41) is 0. The normalized spacial score (nSPS) is 24.5. The van der Waals surface area contributed by atoms with Crippen LogP contribution in [0.2, 0.25) is 0 Å². The number of hydrogen-bond acceptors (Lipinski definition) is 4. The Labute approximate surface area is 253 Å². The molecule has 8 nitrogen and oxygen atoms in total. The Balaban J connectivity index is 1.09. The van der Waals surface area contributed by atoms with Gasteiger partial charge in [0.15, 0.2) is 0 Å². The van der Waals surface area contributed by atoms with Gasteiger partial charge in [0, 0.05) is 25.9 Å². The highest BCUT2D eigenvalue weighted by atomic mass is 16.2. The molecule has 1 saturated carbocycles. The van der Waals surface area contributed by atoms with Crippen molar-refractivity contribution in [2.24, 2.45) is 10.8 Å². The molecule has 8 heteroatoms. The molecule has 0 unspecified atom stereocenters. The molecule has 0 N–H and O–H groups in total. The number of likely N-dealkylation sites (tertiary alicyclic amines) is 1. The first-order chi connectivity index (χ1) is 19.7. The molecule has 2 atom stereocenters. The third-order valence-corrected chi connectivity index (χ3v) is 10.7. The molecule has 1 aromatic rings. The summed E-state index contributed by atoms with van der Waals surface area (Å²) in [6.45, 7) is 9.12. The van der Waals surface area contributed by atoms with Gasteiger partial charge in [-0.05, 0) is 64.5 Å². The fraction of sp³-hybridized carbons (Fsp3) is 0.706. The fourth-order valence-electron chi connectivity index (χ4n) is 7.50. The van der Waals surface area contributed by atoms with Gasteiger partial charge in [0.05, 0.1) is 76.3 Å². The van der Waals surface area contributed by atoms with Gasteiger partial charge < -0.3 is 8.97 Å². The van der Waals surface area contributed by atoms with E-state index in [1.807, 2.05) is 13.8 Å². The Bertz CT molecular complexity index is 1130. The van der Waals surface area contributed by atoms with Crippen molar-refractivity contribution in [3.63, 3.8) is 0 Å². The number of fused-ring (bicyclic) bond motifs is 2. The highest BCUT2D eigenvalue weighted by Gasteiger charge is 2.64. The van der Waals surface area contributed by atoms with E-state index in [4.69, 9.17) is 0 Å². The van der Waals surface area contributed by atoms with Gasteiger partial charge in [-0.1, -0.05) is 25.0 Å². The van der Waals surface area contributed by atoms with Gasteiger partial charge in [0.25, 0.3) is 11.8 Å². The number of amides is 4. The molecule has 1 aliphatic carbocycles. The van der Waals surface area contributed by atoms with Crippen LogP contribution in [0.25, 0.3) is 0 Å². The first kappa shape index (κ1) is 32.3. The first-order valence-electron chi connectivity index (χ1n) is 16.2. The molecule has 0 aromatic heterocycles. The number of carbonyl (C=O) groups excluding carboxylic acids is 4. The number of unbranched alkanes of at least 4 members (excludes halogenated alkanes) is 3. The van der Waals surface area contributed by atoms with Crippen LogP contribution < -0.4 is 0 Å². The molecule has 4 rings (SSSR count). The van der Waals surface area contributed by atoms with Gasteiger partial charge in [0.1, 0.15) is 0 Å². The predicted octanol–water partition coefficient (Wildman–Crippen LogP) is 4.73. The minimum absolute atomic E-state index is 0.0601. The van der Waals surface area contributed by atoms with E-state index in [9.17, 15) is 19.2 Å². The summed E-state index contributed by atoms with van der Waals surface area (Å²) >= 11 is 0. The second-order valence-electron chi connectivity index (χ2n) is 14.8. The van der Waals surface area contributed by atoms with Crippen LogP contribution in [0.3, 0.4) is 0 Å². The predicted molar refractivity (Wildman–Crippen MR) is 165 cm³/mol. The largest absolute Gasteiger partial charge is 0.328 e. The molecule has 0 radical (unpaired) electrons. The Morgan fingerprint density at radius 3 is 1.40 bits per heavy atom. The van der Waals surface area contributed by atoms with E-state index >= 15 is 0 Å². The number of benzene rings is 1. The zero-order valence-corrected chi connectivity index (χ0v) is 27.0. The summed E-state index contributed by atoms with van der Waals surface area (Å²) < 4.78 is 1.79. The maximum atomic E-state index is 13.2. The van der Waals surface area contributed by atoms with Crippen molar-refractivity contribution in [1.29, 1.82) is 0 Å². The van der Waals surface area contributed by atoms with Crippen LogP contribution >= 0.6 is 0 Å². The van der Waals surface area contributed by atoms with E-state index in [2.05, 4.69) is 28.2 Å². The summed E-state index contributed by atoms with van der Waals surface area (Å²) in [7, 11) is 8.97. The third kappa shape index (κ3) is 6.49. The van der Waals surface area contributed by atoms with E-state index in [-0.39, 0.29) is 23.6 Å². The van der Waals surface area contributed by atoms with E-state index < -0.39 is 10.8 Å². The quantitative estimate of drug-likeness (QED) is 0.170. The van der Waals surface area contributed by atoms with Crippen LogP contribution in [0.5, 0.6) is 0 Å². The SMILES string of the molecule is C[C@@]12CCCC[C@]1(C)C(=O)N(CCC[N+](C)(C)CCCCCC[N+](C)(C)CCCN1C(=O)c3ccccc3C1=O)C2=O. The number of nitrogens with zero attached hydrogens (tertiary/aromatic N) is 4. The number of quaternary nitrogens is 2. The Hall–Kier alpha value is -2.58. The number of hydrogen-bond donors (Lipinski definition) is 0. The standard InChI is InChI=1S/C34H54N4O4/c1-33-19-11-12-20-34(33,2)32(42)36(31(33)41)22-16-26-38(5,6)24-14-8-7-13-23-37(3,4)25-15-21-35-29(39)27-17-9-10-18-28(27)30(35)40/h9-10,17-18H,7-8,11-16,19-26H2,1-6H3/q+2/t33-,34+. The van der Waals surface area contributed by atoms with Gasteiger partial charge >= 0.3 is 0 Å². The van der Waals surface area contributed by atoms with Crippen LogP contribution in [0, 0.1) is 10.8 Å². The second kappa shape index (κ2) is 12.6. The maximum absolute atomic E-state index is 13.2. The summed E-state index contributed by atoms with van der Waals surface area (Å²) in [5.41, 5.74) is 0.0178. The molecule has 1 aromatic carbocycles. The maximum Gasteiger partial charge on any atom is 0.261 e. The highest BCUT2D eigenvalue weighted by Crippen LogP contribution is 2.56. The van der Waals surface area contributed by atoms with E-state index in [1.54, 1.807) is 29.2 Å². The molecule has 42 heavy (non-hydrogen) atoms. The van der Waals surface area contributed by atoms with Gasteiger partial charge in [-0.15, -0.1) is 0 Å². The van der Waals surface area contributed by atoms with Crippen molar-refractivity contribution in [2.45, 2.75) is 78.1 Å². The highest BCUT2D eigenvalue weighted by molar-refractivity contribution is 6.21. The minimum atomic E-state index is -0.515. The molecule has 2 aliphatic heterocycles. The lowest BCUT2D eigenvalue weighted by Gasteiger charge is -2.40. The molecule has 4 amide bonds. The van der Waals surface area contributed by atoms with Crippen molar-refractivity contribution in [2.75, 3.05) is 67.5 Å². The Morgan fingerprint density at radius 1 is 0.595 bits per heavy atom. The third-order valence-electron chi connectivity index (χ3n) is 10.7. The average Bonchev–Trinajstić information content (AvgIpc) is 3.26.